The SMILES string of the molecule is Nc1cccc2c1CCCN2C(=O)CCc1cccnc1. The molecule has 4 nitrogen and oxygen atoms in total. The molecule has 0 spiro atoms. The van der Waals surface area contributed by atoms with Crippen molar-refractivity contribution in [2.24, 2.45) is 0 Å². The van der Waals surface area contributed by atoms with E-state index in [1.54, 1.807) is 6.20 Å². The molecule has 0 bridgehead atoms. The summed E-state index contributed by atoms with van der Waals surface area (Å²) < 4.78 is 0. The second-order valence-electron chi connectivity index (χ2n) is 5.36. The van der Waals surface area contributed by atoms with Gasteiger partial charge >= 0.3 is 0 Å². The van der Waals surface area contributed by atoms with E-state index in [1.165, 1.54) is 0 Å². The van der Waals surface area contributed by atoms with Crippen LogP contribution in [0.1, 0.15) is 24.0 Å². The Hall–Kier alpha value is -2.36. The molecule has 2 aromatic rings. The van der Waals surface area contributed by atoms with Crippen molar-refractivity contribution in [1.82, 2.24) is 4.98 Å². The van der Waals surface area contributed by atoms with Crippen molar-refractivity contribution in [1.29, 1.82) is 0 Å². The maximum atomic E-state index is 12.5. The molecule has 1 aromatic heterocycles. The van der Waals surface area contributed by atoms with Crippen LogP contribution in [0.3, 0.4) is 0 Å². The van der Waals surface area contributed by atoms with Crippen LogP contribution in [0.5, 0.6) is 0 Å². The van der Waals surface area contributed by atoms with E-state index in [-0.39, 0.29) is 5.91 Å². The van der Waals surface area contributed by atoms with Crippen molar-refractivity contribution in [3.05, 3.63) is 53.9 Å². The fourth-order valence-corrected chi connectivity index (χ4v) is 2.84. The molecule has 21 heavy (non-hydrogen) atoms. The number of fused-ring (bicyclic) bond motifs is 1. The van der Waals surface area contributed by atoms with E-state index in [0.29, 0.717) is 6.42 Å². The van der Waals surface area contributed by atoms with Gasteiger partial charge in [-0.1, -0.05) is 12.1 Å². The number of aryl methyl sites for hydroxylation is 1. The van der Waals surface area contributed by atoms with Crippen LogP contribution >= 0.6 is 0 Å². The predicted octanol–water partition coefficient (Wildman–Crippen LogP) is 2.58. The molecule has 2 N–H and O–H groups in total. The van der Waals surface area contributed by atoms with E-state index in [1.807, 2.05) is 41.4 Å². The number of nitrogen functional groups attached to an aromatic ring is 1. The first-order chi connectivity index (χ1) is 10.3. The van der Waals surface area contributed by atoms with E-state index >= 15 is 0 Å². The lowest BCUT2D eigenvalue weighted by molar-refractivity contribution is -0.118. The van der Waals surface area contributed by atoms with Crippen LogP contribution in [0, 0.1) is 0 Å². The molecule has 0 atom stereocenters. The topological polar surface area (TPSA) is 59.2 Å². The number of nitrogens with zero attached hydrogens (tertiary/aromatic N) is 2. The number of anilines is 2. The Morgan fingerprint density at radius 2 is 2.19 bits per heavy atom. The molecule has 0 saturated carbocycles. The quantitative estimate of drug-likeness (QED) is 0.880. The Labute approximate surface area is 124 Å². The van der Waals surface area contributed by atoms with Crippen LogP contribution in [0.2, 0.25) is 0 Å². The van der Waals surface area contributed by atoms with Gasteiger partial charge in [-0.15, -0.1) is 0 Å². The van der Waals surface area contributed by atoms with Gasteiger partial charge in [-0.25, -0.2) is 0 Å². The maximum Gasteiger partial charge on any atom is 0.227 e. The van der Waals surface area contributed by atoms with Gasteiger partial charge in [-0.3, -0.25) is 9.78 Å². The van der Waals surface area contributed by atoms with Gasteiger partial charge in [0.1, 0.15) is 0 Å². The number of rotatable bonds is 3. The minimum Gasteiger partial charge on any atom is -0.398 e. The van der Waals surface area contributed by atoms with Crippen LogP contribution in [0.25, 0.3) is 0 Å². The molecule has 2 heterocycles. The number of amides is 1. The molecule has 0 radical (unpaired) electrons. The number of nitrogens with two attached hydrogens (primary N) is 1. The van der Waals surface area contributed by atoms with Crippen molar-refractivity contribution in [3.8, 4) is 0 Å². The molecule has 4 heteroatoms. The number of aromatic nitrogens is 1. The second kappa shape index (κ2) is 5.95. The minimum absolute atomic E-state index is 0.158. The van der Waals surface area contributed by atoms with E-state index in [0.717, 1.165) is 48.3 Å². The third kappa shape index (κ3) is 2.89. The van der Waals surface area contributed by atoms with Crippen molar-refractivity contribution in [2.45, 2.75) is 25.7 Å². The summed E-state index contributed by atoms with van der Waals surface area (Å²) in [5.74, 6) is 0.158. The second-order valence-corrected chi connectivity index (χ2v) is 5.36. The zero-order valence-corrected chi connectivity index (χ0v) is 12.0. The van der Waals surface area contributed by atoms with E-state index in [9.17, 15) is 4.79 Å². The smallest absolute Gasteiger partial charge is 0.227 e. The van der Waals surface area contributed by atoms with Gasteiger partial charge in [0.2, 0.25) is 5.91 Å². The monoisotopic (exact) mass is 281 g/mol. The van der Waals surface area contributed by atoms with Crippen LogP contribution in [0.15, 0.2) is 42.7 Å². The summed E-state index contributed by atoms with van der Waals surface area (Å²) in [5.41, 5.74) is 10.00. The summed E-state index contributed by atoms with van der Waals surface area (Å²) in [4.78, 5) is 18.5. The highest BCUT2D eigenvalue weighted by Gasteiger charge is 2.23. The van der Waals surface area contributed by atoms with Gasteiger partial charge in [-0.05, 0) is 48.6 Å². The molecule has 1 aliphatic rings. The molecule has 1 amide bonds. The summed E-state index contributed by atoms with van der Waals surface area (Å²) in [5, 5.41) is 0. The molecule has 0 unspecified atom stereocenters. The Morgan fingerprint density at radius 1 is 1.29 bits per heavy atom. The molecule has 0 aliphatic carbocycles. The number of hydrogen-bond donors (Lipinski definition) is 1. The van der Waals surface area contributed by atoms with Gasteiger partial charge in [0.05, 0.1) is 0 Å². The highest BCUT2D eigenvalue weighted by atomic mass is 16.2. The van der Waals surface area contributed by atoms with Crippen molar-refractivity contribution in [2.75, 3.05) is 17.2 Å². The van der Waals surface area contributed by atoms with Crippen molar-refractivity contribution >= 4 is 17.3 Å². The van der Waals surface area contributed by atoms with Crippen molar-refractivity contribution < 1.29 is 4.79 Å². The first kappa shape index (κ1) is 13.6. The molecule has 0 fully saturated rings. The molecule has 108 valence electrons. The van der Waals surface area contributed by atoms with Crippen LogP contribution in [-0.2, 0) is 17.6 Å². The predicted molar refractivity (Wildman–Crippen MR) is 84.1 cm³/mol. The Balaban J connectivity index is 1.73. The van der Waals surface area contributed by atoms with Crippen LogP contribution in [0.4, 0.5) is 11.4 Å². The summed E-state index contributed by atoms with van der Waals surface area (Å²) in [6.07, 6.45) is 6.71. The fraction of sp³-hybridized carbons (Fsp3) is 0.294. The zero-order valence-electron chi connectivity index (χ0n) is 12.0. The summed E-state index contributed by atoms with van der Waals surface area (Å²) in [7, 11) is 0. The average Bonchev–Trinajstić information content (AvgIpc) is 2.53. The number of benzene rings is 1. The highest BCUT2D eigenvalue weighted by Crippen LogP contribution is 2.31. The minimum atomic E-state index is 0.158. The first-order valence-electron chi connectivity index (χ1n) is 7.32. The zero-order chi connectivity index (χ0) is 14.7. The van der Waals surface area contributed by atoms with Crippen molar-refractivity contribution in [3.63, 3.8) is 0 Å². The lowest BCUT2D eigenvalue weighted by Gasteiger charge is -2.30. The standard InChI is InChI=1S/C17H19N3O/c18-15-6-1-7-16-14(15)5-3-11-20(16)17(21)9-8-13-4-2-10-19-12-13/h1-2,4,6-7,10,12H,3,5,8-9,11,18H2. The number of pyridine rings is 1. The normalized spacial score (nSPS) is 13.8. The lowest BCUT2D eigenvalue weighted by atomic mass is 9.99. The molecule has 1 aromatic carbocycles. The molecular weight excluding hydrogens is 262 g/mol. The average molecular weight is 281 g/mol. The largest absolute Gasteiger partial charge is 0.398 e. The van der Waals surface area contributed by atoms with E-state index in [2.05, 4.69) is 4.98 Å². The highest BCUT2D eigenvalue weighted by molar-refractivity contribution is 5.95. The van der Waals surface area contributed by atoms with E-state index < -0.39 is 0 Å². The fourth-order valence-electron chi connectivity index (χ4n) is 2.84. The summed E-state index contributed by atoms with van der Waals surface area (Å²) in [6.45, 7) is 0.780. The van der Waals surface area contributed by atoms with Crippen LogP contribution < -0.4 is 10.6 Å². The molecule has 3 rings (SSSR count). The summed E-state index contributed by atoms with van der Waals surface area (Å²) >= 11 is 0. The number of carbonyl (C=O) groups is 1. The molecule has 0 saturated heterocycles. The van der Waals surface area contributed by atoms with Gasteiger partial charge in [-0.2, -0.15) is 0 Å². The maximum absolute atomic E-state index is 12.5. The molecule has 1 aliphatic heterocycles. The third-order valence-electron chi connectivity index (χ3n) is 3.94. The lowest BCUT2D eigenvalue weighted by Crippen LogP contribution is -2.35. The number of hydrogen-bond acceptors (Lipinski definition) is 3. The summed E-state index contributed by atoms with van der Waals surface area (Å²) in [6, 6.07) is 9.72. The van der Waals surface area contributed by atoms with Gasteiger partial charge in [0, 0.05) is 36.7 Å². The van der Waals surface area contributed by atoms with Gasteiger partial charge in [0.15, 0.2) is 0 Å². The van der Waals surface area contributed by atoms with Crippen LogP contribution in [-0.4, -0.2) is 17.4 Å². The van der Waals surface area contributed by atoms with E-state index in [4.69, 9.17) is 5.73 Å². The molecular formula is C17H19N3O. The Kier molecular flexibility index (Phi) is 3.86. The van der Waals surface area contributed by atoms with Gasteiger partial charge in [0.25, 0.3) is 0 Å². The third-order valence-corrected chi connectivity index (χ3v) is 3.94. The first-order valence-corrected chi connectivity index (χ1v) is 7.32. The Bertz CT molecular complexity index is 640. The van der Waals surface area contributed by atoms with Gasteiger partial charge < -0.3 is 10.6 Å². The Morgan fingerprint density at radius 3 is 3.00 bits per heavy atom. The number of carbonyl (C=O) groups excluding carboxylic acids is 1.